The number of nitriles is 2. The van der Waals surface area contributed by atoms with E-state index in [0.29, 0.717) is 18.7 Å². The molecule has 6 nitrogen and oxygen atoms in total. The third-order valence-corrected chi connectivity index (χ3v) is 5.24. The summed E-state index contributed by atoms with van der Waals surface area (Å²) in [5.74, 6) is 0.454. The Morgan fingerprint density at radius 1 is 1.00 bits per heavy atom. The minimum absolute atomic E-state index is 0.227. The minimum Gasteiger partial charge on any atom is -0.330 e. The van der Waals surface area contributed by atoms with Crippen LogP contribution in [0.15, 0.2) is 0 Å². The second-order valence-electron chi connectivity index (χ2n) is 7.77. The van der Waals surface area contributed by atoms with Crippen molar-refractivity contribution in [2.24, 2.45) is 5.73 Å². The van der Waals surface area contributed by atoms with Gasteiger partial charge in [0, 0.05) is 25.7 Å². The molecule has 0 radical (unpaired) electrons. The molecule has 0 aromatic carbocycles. The molecule has 0 saturated heterocycles. The standard InChI is InChI=1S/C12H19N3.C6H12N2.C5H8O/c13-9-5-1-2-6-10-15-12(11-14)7-3-4-8-12;1-8-6-4-2-3-5-7;6-5-3-1-2-4-5/h15H,1-8,10H2;2-7H2;1-4H2. The normalized spacial score (nSPS) is 16.4. The van der Waals surface area contributed by atoms with E-state index in [1.807, 2.05) is 0 Å². The number of carbonyl (C=O) groups is 1. The van der Waals surface area contributed by atoms with Crippen LogP contribution in [-0.4, -0.2) is 31.0 Å². The van der Waals surface area contributed by atoms with Crippen LogP contribution in [0, 0.1) is 29.2 Å². The molecule has 0 bridgehead atoms. The van der Waals surface area contributed by atoms with Gasteiger partial charge in [-0.15, -0.1) is 0 Å². The predicted octanol–water partition coefficient (Wildman–Crippen LogP) is 4.66. The molecule has 2 saturated carbocycles. The maximum atomic E-state index is 10.2. The Labute approximate surface area is 177 Å². The summed E-state index contributed by atoms with van der Waals surface area (Å²) in [6.45, 7) is 8.78. The van der Waals surface area contributed by atoms with E-state index in [1.54, 1.807) is 0 Å². The molecule has 0 aromatic rings. The van der Waals surface area contributed by atoms with Crippen LogP contribution in [0.1, 0.15) is 96.3 Å². The fraction of sp³-hybridized carbons (Fsp3) is 0.826. The van der Waals surface area contributed by atoms with Gasteiger partial charge in [0.2, 0.25) is 6.54 Å². The molecule has 29 heavy (non-hydrogen) atoms. The highest BCUT2D eigenvalue weighted by molar-refractivity contribution is 5.80. The monoisotopic (exact) mass is 401 g/mol. The van der Waals surface area contributed by atoms with Crippen molar-refractivity contribution in [1.82, 2.24) is 5.32 Å². The van der Waals surface area contributed by atoms with Gasteiger partial charge in [-0.3, -0.25) is 10.1 Å². The van der Waals surface area contributed by atoms with Crippen LogP contribution in [-0.2, 0) is 4.79 Å². The smallest absolute Gasteiger partial charge is 0.214 e. The number of nitrogens with two attached hydrogens (primary N) is 1. The van der Waals surface area contributed by atoms with Crippen LogP contribution in [0.3, 0.4) is 0 Å². The van der Waals surface area contributed by atoms with Crippen LogP contribution in [0.4, 0.5) is 0 Å². The Morgan fingerprint density at radius 2 is 1.66 bits per heavy atom. The molecular weight excluding hydrogens is 362 g/mol. The van der Waals surface area contributed by atoms with Crippen molar-refractivity contribution in [3.8, 4) is 12.1 Å². The van der Waals surface area contributed by atoms with Crippen molar-refractivity contribution in [1.29, 1.82) is 10.5 Å². The third-order valence-electron chi connectivity index (χ3n) is 5.24. The van der Waals surface area contributed by atoms with Crippen LogP contribution in [0.5, 0.6) is 0 Å². The summed E-state index contributed by atoms with van der Waals surface area (Å²) in [5.41, 5.74) is 5.01. The maximum Gasteiger partial charge on any atom is 0.214 e. The second-order valence-corrected chi connectivity index (χ2v) is 7.77. The Balaban J connectivity index is 0.000000466. The first-order valence-electron chi connectivity index (χ1n) is 11.2. The van der Waals surface area contributed by atoms with Crippen molar-refractivity contribution in [2.75, 3.05) is 19.6 Å². The molecular formula is C23H39N5O. The van der Waals surface area contributed by atoms with E-state index < -0.39 is 0 Å². The fourth-order valence-corrected chi connectivity index (χ4v) is 3.42. The number of nitrogens with zero attached hydrogens (tertiary/aromatic N) is 3. The number of unbranched alkanes of at least 4 members (excludes halogenated alkanes) is 5. The SMILES string of the molecule is N#CCCCCCNC1(C#N)CCCC1.O=C1CCCC1.[C-]#[N+]CCCCCN. The third kappa shape index (κ3) is 15.6. The Kier molecular flexibility index (Phi) is 18.1. The maximum absolute atomic E-state index is 10.2. The zero-order valence-electron chi connectivity index (χ0n) is 18.1. The molecule has 162 valence electrons. The topological polar surface area (TPSA) is 107 Å². The Bertz CT molecular complexity index is 527. The van der Waals surface area contributed by atoms with Gasteiger partial charge in [0.05, 0.1) is 12.1 Å². The first-order chi connectivity index (χ1) is 14.1. The molecule has 2 rings (SSSR count). The number of hydrogen-bond acceptors (Lipinski definition) is 5. The van der Waals surface area contributed by atoms with E-state index in [1.165, 1.54) is 12.8 Å². The molecule has 3 N–H and O–H groups in total. The molecule has 0 amide bonds. The quantitative estimate of drug-likeness (QED) is 0.409. The molecule has 2 aliphatic rings. The lowest BCUT2D eigenvalue weighted by Gasteiger charge is -2.21. The summed E-state index contributed by atoms with van der Waals surface area (Å²) < 4.78 is 0. The molecule has 0 atom stereocenters. The van der Waals surface area contributed by atoms with Gasteiger partial charge in [-0.05, 0) is 64.5 Å². The highest BCUT2D eigenvalue weighted by Crippen LogP contribution is 2.28. The van der Waals surface area contributed by atoms with E-state index in [2.05, 4.69) is 22.3 Å². The van der Waals surface area contributed by atoms with Gasteiger partial charge in [-0.2, -0.15) is 10.5 Å². The van der Waals surface area contributed by atoms with Crippen LogP contribution in [0.2, 0.25) is 0 Å². The van der Waals surface area contributed by atoms with Gasteiger partial charge >= 0.3 is 0 Å². The lowest BCUT2D eigenvalue weighted by Crippen LogP contribution is -2.41. The fourth-order valence-electron chi connectivity index (χ4n) is 3.42. The van der Waals surface area contributed by atoms with E-state index in [0.717, 1.165) is 90.1 Å². The molecule has 0 unspecified atom stereocenters. The van der Waals surface area contributed by atoms with Crippen molar-refractivity contribution < 1.29 is 4.79 Å². The summed E-state index contributed by atoms with van der Waals surface area (Å²) in [7, 11) is 0. The van der Waals surface area contributed by atoms with Crippen molar-refractivity contribution in [3.63, 3.8) is 0 Å². The molecule has 6 heteroatoms. The van der Waals surface area contributed by atoms with Crippen LogP contribution in [0.25, 0.3) is 4.85 Å². The number of carbonyl (C=O) groups excluding carboxylic acids is 1. The first-order valence-corrected chi connectivity index (χ1v) is 11.2. The number of hydrogen-bond donors (Lipinski definition) is 2. The molecule has 2 fully saturated rings. The summed E-state index contributed by atoms with van der Waals surface area (Å²) in [6.07, 6.45) is 15.3. The summed E-state index contributed by atoms with van der Waals surface area (Å²) in [5, 5.41) is 20.8. The van der Waals surface area contributed by atoms with Gasteiger partial charge in [0.1, 0.15) is 11.3 Å². The van der Waals surface area contributed by atoms with E-state index in [-0.39, 0.29) is 5.54 Å². The van der Waals surface area contributed by atoms with Crippen LogP contribution >= 0.6 is 0 Å². The number of nitrogens with one attached hydrogen (secondary N) is 1. The number of rotatable bonds is 10. The highest BCUT2D eigenvalue weighted by atomic mass is 16.1. The molecule has 0 aliphatic heterocycles. The molecule has 0 heterocycles. The Morgan fingerprint density at radius 3 is 2.14 bits per heavy atom. The van der Waals surface area contributed by atoms with Crippen molar-refractivity contribution in [2.45, 2.75) is 102 Å². The molecule has 0 aromatic heterocycles. The van der Waals surface area contributed by atoms with Gasteiger partial charge < -0.3 is 10.6 Å². The summed E-state index contributed by atoms with van der Waals surface area (Å²) in [4.78, 5) is 13.5. The zero-order chi connectivity index (χ0) is 21.6. The van der Waals surface area contributed by atoms with Crippen molar-refractivity contribution in [3.05, 3.63) is 11.4 Å². The highest BCUT2D eigenvalue weighted by Gasteiger charge is 2.32. The van der Waals surface area contributed by atoms with Gasteiger partial charge in [0.15, 0.2) is 0 Å². The largest absolute Gasteiger partial charge is 0.330 e. The van der Waals surface area contributed by atoms with E-state index >= 15 is 0 Å². The van der Waals surface area contributed by atoms with Crippen LogP contribution < -0.4 is 11.1 Å². The number of Topliss-reactive ketones (excluding diaryl/α,β-unsaturated/α-hetero) is 1. The number of ketones is 1. The van der Waals surface area contributed by atoms with Crippen molar-refractivity contribution >= 4 is 5.78 Å². The second kappa shape index (κ2) is 19.4. The zero-order valence-corrected chi connectivity index (χ0v) is 18.1. The lowest BCUT2D eigenvalue weighted by atomic mass is 9.99. The molecule has 0 spiro atoms. The van der Waals surface area contributed by atoms with Gasteiger partial charge in [-0.1, -0.05) is 19.3 Å². The first kappa shape index (κ1) is 27.1. The summed E-state index contributed by atoms with van der Waals surface area (Å²) in [6, 6.07) is 4.56. The summed E-state index contributed by atoms with van der Waals surface area (Å²) >= 11 is 0. The molecule has 2 aliphatic carbocycles. The Hall–Kier alpha value is -1.94. The minimum atomic E-state index is -0.227. The van der Waals surface area contributed by atoms with Gasteiger partial charge in [0.25, 0.3) is 0 Å². The lowest BCUT2D eigenvalue weighted by molar-refractivity contribution is -0.117. The van der Waals surface area contributed by atoms with Gasteiger partial charge in [-0.25, -0.2) is 6.57 Å². The van der Waals surface area contributed by atoms with E-state index in [4.69, 9.17) is 22.8 Å². The predicted molar refractivity (Wildman–Crippen MR) is 117 cm³/mol. The average molecular weight is 402 g/mol. The average Bonchev–Trinajstić information content (AvgIpc) is 3.41. The van der Waals surface area contributed by atoms with E-state index in [9.17, 15) is 4.79 Å².